The first-order valence-corrected chi connectivity index (χ1v) is 9.24. The number of rotatable bonds is 6. The van der Waals surface area contributed by atoms with Crippen molar-refractivity contribution >= 4 is 50.8 Å². The fourth-order valence-corrected chi connectivity index (χ4v) is 3.35. The van der Waals surface area contributed by atoms with Gasteiger partial charge in [0.2, 0.25) is 5.91 Å². The highest BCUT2D eigenvalue weighted by atomic mass is 32.1. The van der Waals surface area contributed by atoms with Crippen molar-refractivity contribution in [2.75, 3.05) is 10.6 Å². The number of para-hydroxylation sites is 1. The molecule has 1 amide bonds. The molecule has 2 aromatic carbocycles. The lowest BCUT2D eigenvalue weighted by molar-refractivity contribution is -0.114. The van der Waals surface area contributed by atoms with Crippen molar-refractivity contribution in [3.8, 4) is 5.75 Å². The van der Waals surface area contributed by atoms with Gasteiger partial charge in [-0.2, -0.15) is 5.11 Å². The van der Waals surface area contributed by atoms with Crippen molar-refractivity contribution in [1.82, 2.24) is 0 Å². The van der Waals surface area contributed by atoms with Gasteiger partial charge in [-0.3, -0.25) is 9.59 Å². The number of nitrogens with zero attached hydrogens (tertiary/aromatic N) is 2. The zero-order chi connectivity index (χ0) is 20.1. The quantitative estimate of drug-likeness (QED) is 0.364. The van der Waals surface area contributed by atoms with Crippen molar-refractivity contribution in [3.05, 3.63) is 59.5 Å². The molecule has 1 aromatic heterocycles. The number of ketones is 1. The summed E-state index contributed by atoms with van der Waals surface area (Å²) in [5, 5.41) is 25.1. The molecule has 0 aliphatic heterocycles. The lowest BCUT2D eigenvalue weighted by Gasteiger charge is -2.04. The summed E-state index contributed by atoms with van der Waals surface area (Å²) in [6.45, 7) is 2.82. The minimum atomic E-state index is -0.250. The molecule has 3 N–H and O–H groups in total. The van der Waals surface area contributed by atoms with Crippen LogP contribution in [-0.4, -0.2) is 16.8 Å². The molecule has 8 heteroatoms. The molecule has 0 radical (unpaired) electrons. The molecule has 0 saturated heterocycles. The van der Waals surface area contributed by atoms with Gasteiger partial charge >= 0.3 is 0 Å². The molecule has 0 fully saturated rings. The molecule has 28 heavy (non-hydrogen) atoms. The SMILES string of the molecule is CC(=O)Nc1ccc(N=Nc2c(Nc3ccccc3)sc(C(C)=O)c2O)cc1. The first kappa shape index (κ1) is 19.2. The summed E-state index contributed by atoms with van der Waals surface area (Å²) in [5.41, 5.74) is 2.19. The number of hydrogen-bond acceptors (Lipinski definition) is 7. The van der Waals surface area contributed by atoms with Crippen LogP contribution in [0.5, 0.6) is 5.75 Å². The third-order valence-corrected chi connectivity index (χ3v) is 4.85. The van der Waals surface area contributed by atoms with E-state index >= 15 is 0 Å². The Kier molecular flexibility index (Phi) is 5.81. The number of anilines is 3. The van der Waals surface area contributed by atoms with E-state index in [2.05, 4.69) is 20.9 Å². The Hall–Kier alpha value is -3.52. The highest BCUT2D eigenvalue weighted by molar-refractivity contribution is 7.19. The fourth-order valence-electron chi connectivity index (χ4n) is 2.40. The van der Waals surface area contributed by atoms with Crippen LogP contribution in [0.3, 0.4) is 0 Å². The van der Waals surface area contributed by atoms with Crippen molar-refractivity contribution < 1.29 is 14.7 Å². The second-order valence-corrected chi connectivity index (χ2v) is 6.95. The smallest absolute Gasteiger partial charge is 0.221 e. The van der Waals surface area contributed by atoms with E-state index in [1.165, 1.54) is 13.8 Å². The number of carbonyl (C=O) groups excluding carboxylic acids is 2. The van der Waals surface area contributed by atoms with Gasteiger partial charge in [0.25, 0.3) is 0 Å². The van der Waals surface area contributed by atoms with Gasteiger partial charge in [0.15, 0.2) is 17.2 Å². The molecule has 0 bridgehead atoms. The maximum absolute atomic E-state index is 11.8. The zero-order valence-electron chi connectivity index (χ0n) is 15.3. The molecule has 3 aromatic rings. The van der Waals surface area contributed by atoms with E-state index in [1.54, 1.807) is 24.3 Å². The maximum Gasteiger partial charge on any atom is 0.221 e. The van der Waals surface area contributed by atoms with E-state index in [0.29, 0.717) is 16.4 Å². The number of azo groups is 1. The largest absolute Gasteiger partial charge is 0.504 e. The van der Waals surface area contributed by atoms with Crippen LogP contribution in [0.2, 0.25) is 0 Å². The molecule has 0 atom stereocenters. The van der Waals surface area contributed by atoms with E-state index in [0.717, 1.165) is 17.0 Å². The number of thiophene rings is 1. The average Bonchev–Trinajstić information content (AvgIpc) is 2.97. The second kappa shape index (κ2) is 8.45. The second-order valence-electron chi connectivity index (χ2n) is 5.93. The van der Waals surface area contributed by atoms with Crippen molar-refractivity contribution in [3.63, 3.8) is 0 Å². The van der Waals surface area contributed by atoms with E-state index in [4.69, 9.17) is 0 Å². The fraction of sp³-hybridized carbons (Fsp3) is 0.100. The van der Waals surface area contributed by atoms with Gasteiger partial charge < -0.3 is 15.7 Å². The van der Waals surface area contributed by atoms with Gasteiger partial charge in [0.1, 0.15) is 9.88 Å². The van der Waals surface area contributed by atoms with Gasteiger partial charge in [0.05, 0.1) is 5.69 Å². The van der Waals surface area contributed by atoms with Crippen molar-refractivity contribution in [2.24, 2.45) is 10.2 Å². The molecule has 0 spiro atoms. The molecule has 0 unspecified atom stereocenters. The number of benzene rings is 2. The van der Waals surface area contributed by atoms with Crippen molar-refractivity contribution in [1.29, 1.82) is 0 Å². The van der Waals surface area contributed by atoms with Crippen LogP contribution in [0.4, 0.5) is 27.8 Å². The van der Waals surface area contributed by atoms with E-state index < -0.39 is 0 Å². The number of aromatic hydroxyl groups is 1. The molecular formula is C20H18N4O3S. The van der Waals surface area contributed by atoms with Crippen LogP contribution in [0.1, 0.15) is 23.5 Å². The summed E-state index contributed by atoms with van der Waals surface area (Å²) in [7, 11) is 0. The van der Waals surface area contributed by atoms with Crippen LogP contribution >= 0.6 is 11.3 Å². The standard InChI is InChI=1S/C20H18N4O3S/c1-12(25)19-18(27)17(20(28-19)22-14-6-4-3-5-7-14)24-23-16-10-8-15(9-11-16)21-13(2)26/h3-11,22,27H,1-2H3,(H,21,26). The van der Waals surface area contributed by atoms with Crippen LogP contribution in [-0.2, 0) is 4.79 Å². The Morgan fingerprint density at radius 3 is 2.21 bits per heavy atom. The predicted octanol–water partition coefficient (Wildman–Crippen LogP) is 5.77. The molecule has 0 aliphatic rings. The van der Waals surface area contributed by atoms with E-state index in [-0.39, 0.29) is 28.0 Å². The number of carbonyl (C=O) groups is 2. The van der Waals surface area contributed by atoms with Gasteiger partial charge in [-0.25, -0.2) is 0 Å². The zero-order valence-corrected chi connectivity index (χ0v) is 16.1. The predicted molar refractivity (Wildman–Crippen MR) is 111 cm³/mol. The molecule has 0 aliphatic carbocycles. The summed E-state index contributed by atoms with van der Waals surface area (Å²) in [5.74, 6) is -0.611. The third kappa shape index (κ3) is 4.60. The first-order chi connectivity index (χ1) is 13.4. The Bertz CT molecular complexity index is 1030. The summed E-state index contributed by atoms with van der Waals surface area (Å²) in [6, 6.07) is 16.2. The Morgan fingerprint density at radius 1 is 0.929 bits per heavy atom. The summed E-state index contributed by atoms with van der Waals surface area (Å²) in [4.78, 5) is 23.1. The maximum atomic E-state index is 11.8. The van der Waals surface area contributed by atoms with Gasteiger partial charge in [-0.1, -0.05) is 18.2 Å². The van der Waals surface area contributed by atoms with Crippen LogP contribution < -0.4 is 10.6 Å². The Labute approximate surface area is 165 Å². The Morgan fingerprint density at radius 2 is 1.61 bits per heavy atom. The van der Waals surface area contributed by atoms with Crippen molar-refractivity contribution in [2.45, 2.75) is 13.8 Å². The molecule has 0 saturated carbocycles. The van der Waals surface area contributed by atoms with Crippen LogP contribution in [0.25, 0.3) is 0 Å². The molecule has 3 rings (SSSR count). The Balaban J connectivity index is 1.90. The number of Topliss-reactive ketones (excluding diaryl/α,β-unsaturated/α-hetero) is 1. The molecule has 1 heterocycles. The van der Waals surface area contributed by atoms with Crippen LogP contribution in [0, 0.1) is 0 Å². The van der Waals surface area contributed by atoms with Gasteiger partial charge in [-0.15, -0.1) is 16.5 Å². The average molecular weight is 394 g/mol. The first-order valence-electron chi connectivity index (χ1n) is 8.42. The summed E-state index contributed by atoms with van der Waals surface area (Å²) in [6.07, 6.45) is 0. The summed E-state index contributed by atoms with van der Waals surface area (Å²) < 4.78 is 0. The van der Waals surface area contributed by atoms with Crippen LogP contribution in [0.15, 0.2) is 64.8 Å². The highest BCUT2D eigenvalue weighted by Crippen LogP contribution is 2.47. The lowest BCUT2D eigenvalue weighted by atomic mass is 10.3. The summed E-state index contributed by atoms with van der Waals surface area (Å²) >= 11 is 1.12. The highest BCUT2D eigenvalue weighted by Gasteiger charge is 2.21. The monoisotopic (exact) mass is 394 g/mol. The van der Waals surface area contributed by atoms with Gasteiger partial charge in [-0.05, 0) is 36.4 Å². The lowest BCUT2D eigenvalue weighted by Crippen LogP contribution is -2.04. The van der Waals surface area contributed by atoms with Gasteiger partial charge in [0, 0.05) is 25.2 Å². The number of amides is 1. The molecular weight excluding hydrogens is 376 g/mol. The minimum Gasteiger partial charge on any atom is -0.504 e. The number of hydrogen-bond donors (Lipinski definition) is 3. The minimum absolute atomic E-state index is 0.161. The van der Waals surface area contributed by atoms with E-state index in [9.17, 15) is 14.7 Å². The number of nitrogens with one attached hydrogen (secondary N) is 2. The normalized spacial score (nSPS) is 10.8. The molecule has 7 nitrogen and oxygen atoms in total. The third-order valence-electron chi connectivity index (χ3n) is 3.66. The topological polar surface area (TPSA) is 103 Å². The van der Waals surface area contributed by atoms with E-state index in [1.807, 2.05) is 30.3 Å². The molecule has 142 valence electrons.